The molecular formula is C48H30N2O. The third-order valence-corrected chi connectivity index (χ3v) is 9.95. The van der Waals surface area contributed by atoms with Crippen molar-refractivity contribution in [1.82, 2.24) is 9.13 Å². The van der Waals surface area contributed by atoms with Crippen LogP contribution in [0.15, 0.2) is 186 Å². The number of rotatable bonds is 4. The van der Waals surface area contributed by atoms with Crippen molar-refractivity contribution < 1.29 is 14.0 Å². The molecule has 0 N–H and O–H groups in total. The first-order valence-corrected chi connectivity index (χ1v) is 16.9. The molecule has 0 fully saturated rings. The number of hydrogen-bond acceptors (Lipinski definition) is 1. The quantitative estimate of drug-likeness (QED) is 0.185. The Bertz CT molecular complexity index is 3530. The van der Waals surface area contributed by atoms with Gasteiger partial charge in [-0.1, -0.05) is 109 Å². The third-order valence-electron chi connectivity index (χ3n) is 9.95. The molecule has 0 aliphatic heterocycles. The van der Waals surface area contributed by atoms with E-state index in [0.717, 1.165) is 49.4 Å². The van der Waals surface area contributed by atoms with Crippen LogP contribution < -0.4 is 0 Å². The van der Waals surface area contributed by atoms with Gasteiger partial charge in [0.15, 0.2) is 0 Å². The van der Waals surface area contributed by atoms with Crippen molar-refractivity contribution in [2.75, 3.05) is 0 Å². The van der Waals surface area contributed by atoms with Gasteiger partial charge in [0.1, 0.15) is 11.2 Å². The fourth-order valence-corrected chi connectivity index (χ4v) is 7.61. The van der Waals surface area contributed by atoms with Gasteiger partial charge in [-0.3, -0.25) is 0 Å². The fraction of sp³-hybridized carbons (Fsp3) is 0. The van der Waals surface area contributed by atoms with Crippen molar-refractivity contribution in [3.63, 3.8) is 0 Å². The Morgan fingerprint density at radius 3 is 2.00 bits per heavy atom. The summed E-state index contributed by atoms with van der Waals surface area (Å²) in [6, 6.07) is 43.8. The van der Waals surface area contributed by atoms with Crippen LogP contribution in [0.4, 0.5) is 0 Å². The van der Waals surface area contributed by atoms with Gasteiger partial charge in [0, 0.05) is 43.7 Å². The molecule has 51 heavy (non-hydrogen) atoms. The van der Waals surface area contributed by atoms with E-state index in [-0.39, 0.29) is 57.6 Å². The summed E-state index contributed by atoms with van der Waals surface area (Å²) in [6.07, 6.45) is 0. The molecule has 3 aromatic heterocycles. The molecule has 3 heteroatoms. The minimum absolute atomic E-state index is 0.0860. The topological polar surface area (TPSA) is 23.0 Å². The summed E-state index contributed by atoms with van der Waals surface area (Å²) in [5.41, 5.74) is 8.04. The van der Waals surface area contributed by atoms with E-state index in [9.17, 15) is 4.11 Å². The lowest BCUT2D eigenvalue weighted by Crippen LogP contribution is -1.93. The molecule has 0 aliphatic rings. The third kappa shape index (κ3) is 4.25. The molecule has 0 saturated heterocycles. The molecule has 8 aromatic carbocycles. The van der Waals surface area contributed by atoms with Gasteiger partial charge in [-0.15, -0.1) is 0 Å². The van der Waals surface area contributed by atoms with Crippen molar-refractivity contribution in [2.45, 2.75) is 0 Å². The first-order chi connectivity index (χ1) is 28.2. The highest BCUT2D eigenvalue weighted by Gasteiger charge is 2.17. The second-order valence-corrected chi connectivity index (χ2v) is 12.8. The summed E-state index contributed by atoms with van der Waals surface area (Å²) < 4.78 is 74.4. The smallest absolute Gasteiger partial charge is 0.135 e. The average molecular weight is 658 g/mol. The van der Waals surface area contributed by atoms with Crippen LogP contribution in [0.2, 0.25) is 0 Å². The van der Waals surface area contributed by atoms with Gasteiger partial charge in [0.25, 0.3) is 0 Å². The van der Waals surface area contributed by atoms with Gasteiger partial charge in [0.2, 0.25) is 0 Å². The molecule has 238 valence electrons. The Labute approximate surface area is 303 Å². The number of hydrogen-bond donors (Lipinski definition) is 0. The minimum Gasteiger partial charge on any atom is -0.456 e. The van der Waals surface area contributed by atoms with E-state index in [1.807, 2.05) is 84.9 Å². The van der Waals surface area contributed by atoms with Gasteiger partial charge >= 0.3 is 0 Å². The van der Waals surface area contributed by atoms with Crippen LogP contribution in [-0.4, -0.2) is 9.13 Å². The maximum absolute atomic E-state index is 9.82. The number of furan rings is 1. The number of aromatic nitrogens is 2. The van der Waals surface area contributed by atoms with Crippen molar-refractivity contribution in [2.24, 2.45) is 0 Å². The highest BCUT2D eigenvalue weighted by atomic mass is 16.3. The lowest BCUT2D eigenvalue weighted by atomic mass is 9.99. The SMILES string of the molecule is [2H]c1c([2H])c([2H])c2c(c1[2H])c1c([2H])c(-c3ccc4c(c3)c3ccc(-c5ccccc5)cc3n4-c3ccccc3)c([2H])c([2H])c1n2-c1ccc2oc3ccccc3c2c1. The zero-order chi connectivity index (χ0) is 39.6. The van der Waals surface area contributed by atoms with Crippen LogP contribution in [-0.2, 0) is 0 Å². The first-order valence-electron chi connectivity index (χ1n) is 20.4. The van der Waals surface area contributed by atoms with Crippen LogP contribution in [0.3, 0.4) is 0 Å². The summed E-state index contributed by atoms with van der Waals surface area (Å²) in [5.74, 6) is 0. The number of para-hydroxylation sites is 3. The number of fused-ring (bicyclic) bond motifs is 9. The normalized spacial score (nSPS) is 13.8. The van der Waals surface area contributed by atoms with Crippen LogP contribution >= 0.6 is 0 Å². The van der Waals surface area contributed by atoms with E-state index >= 15 is 0 Å². The summed E-state index contributed by atoms with van der Waals surface area (Å²) in [4.78, 5) is 0. The van der Waals surface area contributed by atoms with Crippen LogP contribution in [0.25, 0.3) is 99.2 Å². The number of benzene rings is 8. The zero-order valence-electron chi connectivity index (χ0n) is 34.1. The molecule has 0 spiro atoms. The molecule has 0 bridgehead atoms. The lowest BCUT2D eigenvalue weighted by molar-refractivity contribution is 0.669. The second-order valence-electron chi connectivity index (χ2n) is 12.8. The standard InChI is InChI=1S/C48H30N2O/c1-3-11-31(12-4-1)34-19-23-38-41-28-33(20-24-44(41)49(46(38)29-34)35-13-5-2-6-14-35)32-21-25-45-40(27-32)37-15-7-9-17-43(37)50(45)36-22-26-48-42(30-36)39-16-8-10-18-47(39)51-48/h1-30H/i7D,9D,15D,17D,21D,25D,27D. The maximum Gasteiger partial charge on any atom is 0.135 e. The molecule has 0 unspecified atom stereocenters. The Hall–Kier alpha value is -6.84. The summed E-state index contributed by atoms with van der Waals surface area (Å²) in [7, 11) is 0. The highest BCUT2D eigenvalue weighted by Crippen LogP contribution is 2.40. The van der Waals surface area contributed by atoms with E-state index in [4.69, 9.17) is 9.90 Å². The van der Waals surface area contributed by atoms with Gasteiger partial charge in [-0.05, 0) is 95.0 Å². The predicted molar refractivity (Wildman–Crippen MR) is 213 cm³/mol. The molecule has 3 heterocycles. The largest absolute Gasteiger partial charge is 0.456 e. The van der Waals surface area contributed by atoms with E-state index in [2.05, 4.69) is 47.0 Å². The van der Waals surface area contributed by atoms with Gasteiger partial charge in [0.05, 0.1) is 31.7 Å². The van der Waals surface area contributed by atoms with E-state index < -0.39 is 12.1 Å². The second kappa shape index (κ2) is 10.8. The molecule has 11 aromatic rings. The molecule has 0 saturated carbocycles. The van der Waals surface area contributed by atoms with Crippen molar-refractivity contribution in [3.8, 4) is 33.6 Å². The van der Waals surface area contributed by atoms with E-state index in [1.165, 1.54) is 0 Å². The van der Waals surface area contributed by atoms with Crippen LogP contribution in [0, 0.1) is 0 Å². The van der Waals surface area contributed by atoms with Gasteiger partial charge in [-0.2, -0.15) is 0 Å². The fourth-order valence-electron chi connectivity index (χ4n) is 7.61. The predicted octanol–water partition coefficient (Wildman–Crippen LogP) is 13.1. The average Bonchev–Trinajstić information content (AvgIpc) is 3.92. The number of nitrogens with zero attached hydrogens (tertiary/aromatic N) is 2. The van der Waals surface area contributed by atoms with E-state index in [1.54, 1.807) is 16.7 Å². The molecule has 0 radical (unpaired) electrons. The highest BCUT2D eigenvalue weighted by molar-refractivity contribution is 6.13. The molecule has 0 aliphatic carbocycles. The molecule has 0 atom stereocenters. The monoisotopic (exact) mass is 657 g/mol. The molecule has 11 rings (SSSR count). The van der Waals surface area contributed by atoms with Crippen LogP contribution in [0.5, 0.6) is 0 Å². The molecule has 3 nitrogen and oxygen atoms in total. The Balaban J connectivity index is 1.21. The summed E-state index contributed by atoms with van der Waals surface area (Å²) in [6.45, 7) is 0. The Morgan fingerprint density at radius 2 is 1.10 bits per heavy atom. The van der Waals surface area contributed by atoms with Gasteiger partial charge < -0.3 is 13.6 Å². The van der Waals surface area contributed by atoms with Crippen LogP contribution in [0.1, 0.15) is 9.60 Å². The van der Waals surface area contributed by atoms with Crippen molar-refractivity contribution in [1.29, 1.82) is 0 Å². The maximum atomic E-state index is 9.82. The van der Waals surface area contributed by atoms with Gasteiger partial charge in [-0.25, -0.2) is 0 Å². The zero-order valence-corrected chi connectivity index (χ0v) is 27.1. The van der Waals surface area contributed by atoms with Crippen molar-refractivity contribution >= 4 is 65.6 Å². The Morgan fingerprint density at radius 1 is 0.373 bits per heavy atom. The van der Waals surface area contributed by atoms with E-state index in [0.29, 0.717) is 22.4 Å². The molecular weight excluding hydrogens is 621 g/mol. The van der Waals surface area contributed by atoms with Crippen molar-refractivity contribution in [3.05, 3.63) is 182 Å². The minimum atomic E-state index is -0.430. The molecule has 0 amide bonds. The Kier molecular flexibility index (Phi) is 4.67. The lowest BCUT2D eigenvalue weighted by Gasteiger charge is -2.10. The summed E-state index contributed by atoms with van der Waals surface area (Å²) >= 11 is 0. The summed E-state index contributed by atoms with van der Waals surface area (Å²) in [5, 5.41) is 3.88. The first kappa shape index (κ1) is 22.0.